The van der Waals surface area contributed by atoms with Crippen molar-refractivity contribution >= 4 is 29.5 Å². The number of hydrogen-bond acceptors (Lipinski definition) is 4. The van der Waals surface area contributed by atoms with Gasteiger partial charge in [-0.05, 0) is 54.7 Å². The summed E-state index contributed by atoms with van der Waals surface area (Å²) in [5, 5.41) is 12.0. The molecule has 1 saturated heterocycles. The highest BCUT2D eigenvalue weighted by Crippen LogP contribution is 2.53. The van der Waals surface area contributed by atoms with E-state index >= 15 is 0 Å². The van der Waals surface area contributed by atoms with Gasteiger partial charge < -0.3 is 15.3 Å². The van der Waals surface area contributed by atoms with E-state index in [-0.39, 0.29) is 28.7 Å². The maximum Gasteiger partial charge on any atom is 0.255 e. The van der Waals surface area contributed by atoms with Crippen molar-refractivity contribution in [2.45, 2.75) is 19.3 Å². The van der Waals surface area contributed by atoms with Crippen LogP contribution in [-0.4, -0.2) is 29.8 Å². The summed E-state index contributed by atoms with van der Waals surface area (Å²) in [4.78, 5) is 37.1. The van der Waals surface area contributed by atoms with E-state index in [4.69, 9.17) is 0 Å². The van der Waals surface area contributed by atoms with Crippen LogP contribution < -0.4 is 10.2 Å². The molecular weight excluding hydrogens is 351 g/mol. The molecule has 0 unspecified atom stereocenters. The highest BCUT2D eigenvalue weighted by atomic mass is 19.1. The molecule has 1 saturated carbocycles. The standard InChI is InChI=1S/C20H17FN2O4/c21-16-8-12(7-13(10-24)18(16)26)19(27)22-14-1-3-15(4-2-14)23-11-20(5-6-20)9-17(23)25/h1-4,7-8,10,26H,5-6,9,11H2,(H,22,27). The summed E-state index contributed by atoms with van der Waals surface area (Å²) in [5.41, 5.74) is 1.04. The summed E-state index contributed by atoms with van der Waals surface area (Å²) >= 11 is 0. The van der Waals surface area contributed by atoms with Crippen LogP contribution in [-0.2, 0) is 4.79 Å². The number of aldehydes is 1. The van der Waals surface area contributed by atoms with Crippen LogP contribution in [0.5, 0.6) is 5.75 Å². The van der Waals surface area contributed by atoms with Gasteiger partial charge in [0.2, 0.25) is 5.91 Å². The second kappa shape index (κ2) is 6.19. The third-order valence-electron chi connectivity index (χ3n) is 5.20. The van der Waals surface area contributed by atoms with Crippen LogP contribution in [0.25, 0.3) is 0 Å². The molecule has 2 N–H and O–H groups in total. The maximum absolute atomic E-state index is 13.6. The first-order valence-corrected chi connectivity index (χ1v) is 8.60. The second-order valence-electron chi connectivity index (χ2n) is 7.17. The first-order chi connectivity index (χ1) is 12.9. The van der Waals surface area contributed by atoms with E-state index < -0.39 is 17.5 Å². The molecule has 2 aromatic carbocycles. The van der Waals surface area contributed by atoms with Crippen molar-refractivity contribution in [2.75, 3.05) is 16.8 Å². The lowest BCUT2D eigenvalue weighted by Crippen LogP contribution is -2.24. The number of halogens is 1. The predicted molar refractivity (Wildman–Crippen MR) is 96.5 cm³/mol. The molecule has 1 aliphatic carbocycles. The number of phenols is 1. The lowest BCUT2D eigenvalue weighted by atomic mass is 10.1. The number of rotatable bonds is 4. The normalized spacial score (nSPS) is 17.2. The first-order valence-electron chi connectivity index (χ1n) is 8.60. The molecule has 138 valence electrons. The first kappa shape index (κ1) is 17.2. The van der Waals surface area contributed by atoms with Crippen LogP contribution >= 0.6 is 0 Å². The van der Waals surface area contributed by atoms with Gasteiger partial charge in [-0.3, -0.25) is 14.4 Å². The Bertz CT molecular complexity index is 951. The van der Waals surface area contributed by atoms with E-state index in [1.165, 1.54) is 0 Å². The number of benzene rings is 2. The van der Waals surface area contributed by atoms with Crippen LogP contribution in [0.15, 0.2) is 36.4 Å². The largest absolute Gasteiger partial charge is 0.504 e. The third kappa shape index (κ3) is 3.16. The highest BCUT2D eigenvalue weighted by Gasteiger charge is 2.51. The fourth-order valence-electron chi connectivity index (χ4n) is 3.41. The predicted octanol–water partition coefficient (Wildman–Crippen LogP) is 3.11. The zero-order chi connectivity index (χ0) is 19.2. The molecule has 27 heavy (non-hydrogen) atoms. The Hall–Kier alpha value is -3.22. The van der Waals surface area contributed by atoms with E-state index in [0.717, 1.165) is 37.2 Å². The van der Waals surface area contributed by atoms with Crippen molar-refractivity contribution in [1.82, 2.24) is 0 Å². The summed E-state index contributed by atoms with van der Waals surface area (Å²) in [6.45, 7) is 0.735. The molecule has 7 heteroatoms. The van der Waals surface area contributed by atoms with Crippen LogP contribution in [0.3, 0.4) is 0 Å². The Morgan fingerprint density at radius 1 is 1.22 bits per heavy atom. The molecule has 2 amide bonds. The average molecular weight is 368 g/mol. The second-order valence-corrected chi connectivity index (χ2v) is 7.17. The number of carbonyl (C=O) groups is 3. The van der Waals surface area contributed by atoms with Crippen molar-refractivity contribution < 1.29 is 23.9 Å². The van der Waals surface area contributed by atoms with Crippen LogP contribution in [0.2, 0.25) is 0 Å². The number of carbonyl (C=O) groups excluding carboxylic acids is 3. The topological polar surface area (TPSA) is 86.7 Å². The van der Waals surface area contributed by atoms with Gasteiger partial charge in [0, 0.05) is 29.9 Å². The van der Waals surface area contributed by atoms with Gasteiger partial charge in [0.25, 0.3) is 5.91 Å². The summed E-state index contributed by atoms with van der Waals surface area (Å²) in [6, 6.07) is 8.81. The lowest BCUT2D eigenvalue weighted by Gasteiger charge is -2.17. The summed E-state index contributed by atoms with van der Waals surface area (Å²) < 4.78 is 13.6. The van der Waals surface area contributed by atoms with Crippen molar-refractivity contribution in [2.24, 2.45) is 5.41 Å². The molecule has 2 aliphatic rings. The van der Waals surface area contributed by atoms with Crippen molar-refractivity contribution in [3.05, 3.63) is 53.3 Å². The van der Waals surface area contributed by atoms with E-state index in [0.29, 0.717) is 12.1 Å². The quantitative estimate of drug-likeness (QED) is 0.812. The van der Waals surface area contributed by atoms with Crippen LogP contribution in [0.1, 0.15) is 40.0 Å². The Kier molecular flexibility index (Phi) is 3.95. The molecule has 4 rings (SSSR count). The Morgan fingerprint density at radius 2 is 1.93 bits per heavy atom. The number of amides is 2. The number of anilines is 2. The smallest absolute Gasteiger partial charge is 0.255 e. The fraction of sp³-hybridized carbons (Fsp3) is 0.250. The van der Waals surface area contributed by atoms with Gasteiger partial charge in [0.15, 0.2) is 17.9 Å². The lowest BCUT2D eigenvalue weighted by molar-refractivity contribution is -0.117. The molecule has 0 bridgehead atoms. The Morgan fingerprint density at radius 3 is 2.52 bits per heavy atom. The molecular formula is C20H17FN2O4. The Labute approximate surface area is 154 Å². The highest BCUT2D eigenvalue weighted by molar-refractivity contribution is 6.05. The zero-order valence-corrected chi connectivity index (χ0v) is 14.4. The van der Waals surface area contributed by atoms with Gasteiger partial charge in [-0.2, -0.15) is 0 Å². The maximum atomic E-state index is 13.6. The number of aromatic hydroxyl groups is 1. The van der Waals surface area contributed by atoms with E-state index in [1.54, 1.807) is 29.2 Å². The molecule has 0 radical (unpaired) electrons. The van der Waals surface area contributed by atoms with Crippen LogP contribution in [0, 0.1) is 11.2 Å². The number of hydrogen-bond donors (Lipinski definition) is 2. The van der Waals surface area contributed by atoms with Gasteiger partial charge in [-0.1, -0.05) is 0 Å². The SMILES string of the molecule is O=Cc1cc(C(=O)Nc2ccc(N3CC4(CC4)CC3=O)cc2)cc(F)c1O. The molecule has 1 heterocycles. The summed E-state index contributed by atoms with van der Waals surface area (Å²) in [7, 11) is 0. The molecule has 6 nitrogen and oxygen atoms in total. The zero-order valence-electron chi connectivity index (χ0n) is 14.4. The van der Waals surface area contributed by atoms with Crippen molar-refractivity contribution in [1.29, 1.82) is 0 Å². The molecule has 0 atom stereocenters. The number of nitrogens with zero attached hydrogens (tertiary/aromatic N) is 1. The van der Waals surface area contributed by atoms with E-state index in [9.17, 15) is 23.9 Å². The minimum Gasteiger partial charge on any atom is -0.504 e. The van der Waals surface area contributed by atoms with Gasteiger partial charge in [0.05, 0.1) is 5.56 Å². The van der Waals surface area contributed by atoms with Crippen LogP contribution in [0.4, 0.5) is 15.8 Å². The van der Waals surface area contributed by atoms with Gasteiger partial charge in [0.1, 0.15) is 0 Å². The monoisotopic (exact) mass is 368 g/mol. The van der Waals surface area contributed by atoms with Gasteiger partial charge >= 0.3 is 0 Å². The Balaban J connectivity index is 1.49. The minimum atomic E-state index is -1.04. The van der Waals surface area contributed by atoms with Gasteiger partial charge in [-0.15, -0.1) is 0 Å². The number of nitrogens with one attached hydrogen (secondary N) is 1. The van der Waals surface area contributed by atoms with E-state index in [1.807, 2.05) is 0 Å². The summed E-state index contributed by atoms with van der Waals surface area (Å²) in [5.74, 6) is -2.32. The fourth-order valence-corrected chi connectivity index (χ4v) is 3.41. The van der Waals surface area contributed by atoms with Gasteiger partial charge in [-0.25, -0.2) is 4.39 Å². The van der Waals surface area contributed by atoms with Crippen molar-refractivity contribution in [3.63, 3.8) is 0 Å². The van der Waals surface area contributed by atoms with E-state index in [2.05, 4.69) is 5.32 Å². The summed E-state index contributed by atoms with van der Waals surface area (Å²) in [6.07, 6.45) is 3.06. The van der Waals surface area contributed by atoms with Crippen molar-refractivity contribution in [3.8, 4) is 5.75 Å². The molecule has 2 fully saturated rings. The molecule has 2 aromatic rings. The minimum absolute atomic E-state index is 0.0816. The number of phenolic OH excluding ortho intramolecular Hbond substituents is 1. The average Bonchev–Trinajstić information content (AvgIpc) is 3.32. The molecule has 1 aliphatic heterocycles. The third-order valence-corrected chi connectivity index (χ3v) is 5.20. The molecule has 0 aromatic heterocycles. The molecule has 1 spiro atoms.